The van der Waals surface area contributed by atoms with E-state index in [4.69, 9.17) is 4.98 Å². The van der Waals surface area contributed by atoms with E-state index >= 15 is 0 Å². The highest BCUT2D eigenvalue weighted by atomic mass is 16.1. The van der Waals surface area contributed by atoms with Crippen LogP contribution in [0.4, 0.5) is 0 Å². The molecular formula is C22H28N4O. The van der Waals surface area contributed by atoms with Crippen LogP contribution >= 0.6 is 0 Å². The summed E-state index contributed by atoms with van der Waals surface area (Å²) in [5.74, 6) is 0.979. The maximum atomic E-state index is 12.4. The van der Waals surface area contributed by atoms with E-state index in [2.05, 4.69) is 41.9 Å². The molecule has 0 saturated carbocycles. The monoisotopic (exact) mass is 364 g/mol. The molecule has 5 heteroatoms. The minimum absolute atomic E-state index is 0.0333. The second kappa shape index (κ2) is 8.35. The van der Waals surface area contributed by atoms with Crippen molar-refractivity contribution in [3.8, 4) is 0 Å². The second-order valence-corrected chi connectivity index (χ2v) is 7.28. The first-order valence-corrected chi connectivity index (χ1v) is 9.40. The molecule has 3 rings (SSSR count). The van der Waals surface area contributed by atoms with Crippen LogP contribution < -0.4 is 5.32 Å². The molecule has 3 aromatic rings. The molecular weight excluding hydrogens is 336 g/mol. The summed E-state index contributed by atoms with van der Waals surface area (Å²) in [5, 5.41) is 3.03. The zero-order chi connectivity index (χ0) is 19.4. The predicted molar refractivity (Wildman–Crippen MR) is 110 cm³/mol. The van der Waals surface area contributed by atoms with E-state index < -0.39 is 0 Å². The van der Waals surface area contributed by atoms with Gasteiger partial charge >= 0.3 is 0 Å². The lowest BCUT2D eigenvalue weighted by molar-refractivity contribution is 0.0954. The molecule has 2 aromatic carbocycles. The molecule has 0 bridgehead atoms. The summed E-state index contributed by atoms with van der Waals surface area (Å²) in [5.41, 5.74) is 5.19. The quantitative estimate of drug-likeness (QED) is 0.700. The number of hydrogen-bond donors (Lipinski definition) is 1. The molecule has 0 aliphatic rings. The van der Waals surface area contributed by atoms with Gasteiger partial charge in [0.15, 0.2) is 0 Å². The van der Waals surface area contributed by atoms with Gasteiger partial charge in [0.25, 0.3) is 5.91 Å². The summed E-state index contributed by atoms with van der Waals surface area (Å²) < 4.78 is 2.26. The standard InChI is InChI=1S/C22H28N4O/c1-16-9-10-18(15-17(16)2)22(27)23-12-11-21-24-19-7-5-6-8-20(19)26(21)14-13-25(3)4/h5-10,15H,11-14H2,1-4H3,(H,23,27). The fourth-order valence-electron chi connectivity index (χ4n) is 3.14. The topological polar surface area (TPSA) is 50.2 Å². The fourth-order valence-corrected chi connectivity index (χ4v) is 3.14. The van der Waals surface area contributed by atoms with Gasteiger partial charge in [-0.15, -0.1) is 0 Å². The zero-order valence-corrected chi connectivity index (χ0v) is 16.6. The Bertz CT molecular complexity index is 943. The average molecular weight is 364 g/mol. The fraction of sp³-hybridized carbons (Fsp3) is 0.364. The lowest BCUT2D eigenvalue weighted by atomic mass is 10.1. The molecule has 1 heterocycles. The Hall–Kier alpha value is -2.66. The number of rotatable bonds is 7. The van der Waals surface area contributed by atoms with Crippen LogP contribution in [0.25, 0.3) is 11.0 Å². The van der Waals surface area contributed by atoms with Crippen LogP contribution in [0, 0.1) is 13.8 Å². The molecule has 1 aromatic heterocycles. The van der Waals surface area contributed by atoms with Crippen LogP contribution in [0.3, 0.4) is 0 Å². The number of carbonyl (C=O) groups excluding carboxylic acids is 1. The number of fused-ring (bicyclic) bond motifs is 1. The number of carbonyl (C=O) groups is 1. The average Bonchev–Trinajstić information content (AvgIpc) is 2.99. The highest BCUT2D eigenvalue weighted by Crippen LogP contribution is 2.16. The van der Waals surface area contributed by atoms with Crippen LogP contribution in [0.1, 0.15) is 27.3 Å². The van der Waals surface area contributed by atoms with E-state index in [1.54, 1.807) is 0 Å². The molecule has 5 nitrogen and oxygen atoms in total. The Kier molecular flexibility index (Phi) is 5.91. The van der Waals surface area contributed by atoms with Crippen molar-refractivity contribution in [1.82, 2.24) is 19.8 Å². The molecule has 142 valence electrons. The van der Waals surface area contributed by atoms with Gasteiger partial charge in [0, 0.05) is 31.6 Å². The Labute approximate surface area is 161 Å². The first-order chi connectivity index (χ1) is 13.0. The molecule has 0 atom stereocenters. The molecule has 0 spiro atoms. The maximum absolute atomic E-state index is 12.4. The Morgan fingerprint density at radius 3 is 2.63 bits per heavy atom. The number of benzene rings is 2. The van der Waals surface area contributed by atoms with Crippen LogP contribution in [-0.2, 0) is 13.0 Å². The highest BCUT2D eigenvalue weighted by Gasteiger charge is 2.12. The van der Waals surface area contributed by atoms with Crippen LogP contribution in [-0.4, -0.2) is 47.5 Å². The highest BCUT2D eigenvalue weighted by molar-refractivity contribution is 5.94. The SMILES string of the molecule is Cc1ccc(C(=O)NCCc2nc3ccccc3n2CCN(C)C)cc1C. The lowest BCUT2D eigenvalue weighted by Gasteiger charge is -2.13. The number of nitrogens with one attached hydrogen (secondary N) is 1. The van der Waals surface area contributed by atoms with Crippen molar-refractivity contribution in [2.75, 3.05) is 27.2 Å². The summed E-state index contributed by atoms with van der Waals surface area (Å²) in [6.07, 6.45) is 0.707. The van der Waals surface area contributed by atoms with E-state index in [1.165, 1.54) is 5.56 Å². The van der Waals surface area contributed by atoms with Crippen molar-refractivity contribution in [3.05, 3.63) is 65.0 Å². The van der Waals surface area contributed by atoms with Crippen molar-refractivity contribution >= 4 is 16.9 Å². The normalized spacial score (nSPS) is 11.3. The molecule has 1 N–H and O–H groups in total. The second-order valence-electron chi connectivity index (χ2n) is 7.28. The molecule has 27 heavy (non-hydrogen) atoms. The molecule has 0 unspecified atom stereocenters. The van der Waals surface area contributed by atoms with Gasteiger partial charge in [-0.1, -0.05) is 18.2 Å². The van der Waals surface area contributed by atoms with Crippen LogP contribution in [0.2, 0.25) is 0 Å². The van der Waals surface area contributed by atoms with E-state index in [0.29, 0.717) is 18.5 Å². The summed E-state index contributed by atoms with van der Waals surface area (Å²) in [7, 11) is 4.14. The van der Waals surface area contributed by atoms with Crippen molar-refractivity contribution in [2.24, 2.45) is 0 Å². The number of amides is 1. The number of hydrogen-bond acceptors (Lipinski definition) is 3. The number of aryl methyl sites for hydroxylation is 2. The van der Waals surface area contributed by atoms with Gasteiger partial charge in [0.2, 0.25) is 0 Å². The van der Waals surface area contributed by atoms with E-state index in [-0.39, 0.29) is 5.91 Å². The van der Waals surface area contributed by atoms with E-state index in [9.17, 15) is 4.79 Å². The smallest absolute Gasteiger partial charge is 0.251 e. The Balaban J connectivity index is 1.69. The molecule has 1 amide bonds. The number of aromatic nitrogens is 2. The first kappa shape index (κ1) is 19.1. The van der Waals surface area contributed by atoms with E-state index in [0.717, 1.165) is 35.5 Å². The molecule has 0 aliphatic carbocycles. The summed E-state index contributed by atoms with van der Waals surface area (Å²) in [4.78, 5) is 19.4. The van der Waals surface area contributed by atoms with Gasteiger partial charge in [-0.05, 0) is 63.3 Å². The van der Waals surface area contributed by atoms with E-state index in [1.807, 2.05) is 43.3 Å². The van der Waals surface area contributed by atoms with Gasteiger partial charge < -0.3 is 14.8 Å². The summed E-state index contributed by atoms with van der Waals surface area (Å²) in [6.45, 7) is 6.47. The number of imidazole rings is 1. The first-order valence-electron chi connectivity index (χ1n) is 9.40. The third kappa shape index (κ3) is 4.55. The third-order valence-electron chi connectivity index (χ3n) is 4.91. The van der Waals surface area contributed by atoms with Gasteiger partial charge in [-0.3, -0.25) is 4.79 Å². The number of para-hydroxylation sites is 2. The van der Waals surface area contributed by atoms with Gasteiger partial charge in [-0.2, -0.15) is 0 Å². The van der Waals surface area contributed by atoms with Crippen molar-refractivity contribution < 1.29 is 4.79 Å². The predicted octanol–water partition coefficient (Wildman–Crippen LogP) is 3.19. The zero-order valence-electron chi connectivity index (χ0n) is 16.6. The maximum Gasteiger partial charge on any atom is 0.251 e. The van der Waals surface area contributed by atoms with Crippen molar-refractivity contribution in [1.29, 1.82) is 0 Å². The minimum atomic E-state index is -0.0333. The van der Waals surface area contributed by atoms with Crippen LogP contribution in [0.15, 0.2) is 42.5 Å². The largest absolute Gasteiger partial charge is 0.352 e. The number of likely N-dealkylation sites (N-methyl/N-ethyl adjacent to an activating group) is 1. The summed E-state index contributed by atoms with van der Waals surface area (Å²) >= 11 is 0. The van der Waals surface area contributed by atoms with Gasteiger partial charge in [0.05, 0.1) is 11.0 Å². The molecule has 0 fully saturated rings. The van der Waals surface area contributed by atoms with Gasteiger partial charge in [-0.25, -0.2) is 4.98 Å². The molecule has 0 aliphatic heterocycles. The number of nitrogens with zero attached hydrogens (tertiary/aromatic N) is 3. The van der Waals surface area contributed by atoms with Crippen LogP contribution in [0.5, 0.6) is 0 Å². The summed E-state index contributed by atoms with van der Waals surface area (Å²) in [6, 6.07) is 14.0. The van der Waals surface area contributed by atoms with Crippen molar-refractivity contribution in [2.45, 2.75) is 26.8 Å². The molecule has 0 saturated heterocycles. The third-order valence-corrected chi connectivity index (χ3v) is 4.91. The minimum Gasteiger partial charge on any atom is -0.352 e. The Morgan fingerprint density at radius 2 is 1.89 bits per heavy atom. The molecule has 0 radical (unpaired) electrons. The Morgan fingerprint density at radius 1 is 1.11 bits per heavy atom. The van der Waals surface area contributed by atoms with Gasteiger partial charge in [0.1, 0.15) is 5.82 Å². The lowest BCUT2D eigenvalue weighted by Crippen LogP contribution is -2.27. The van der Waals surface area contributed by atoms with Crippen molar-refractivity contribution in [3.63, 3.8) is 0 Å².